The average Bonchev–Trinajstić information content (AvgIpc) is 2.43. The molecule has 0 fully saturated rings. The van der Waals surface area contributed by atoms with Crippen LogP contribution in [0.1, 0.15) is 5.56 Å². The minimum Gasteiger partial charge on any atom is -0.491 e. The molecule has 0 saturated heterocycles. The van der Waals surface area contributed by atoms with Gasteiger partial charge in [-0.1, -0.05) is 0 Å². The summed E-state index contributed by atoms with van der Waals surface area (Å²) in [5.74, 6) is 1.38. The summed E-state index contributed by atoms with van der Waals surface area (Å²) in [6, 6.07) is 2.00. The Balaban J connectivity index is 3.79. The highest BCUT2D eigenvalue weighted by molar-refractivity contribution is 5.73. The van der Waals surface area contributed by atoms with E-state index in [1.807, 2.05) is 6.07 Å². The van der Waals surface area contributed by atoms with E-state index in [1.165, 1.54) is 35.5 Å². The number of rotatable bonds is 5. The number of hydrogen-bond acceptors (Lipinski definition) is 6. The Labute approximate surface area is 106 Å². The molecule has 0 N–H and O–H groups in total. The van der Waals surface area contributed by atoms with E-state index in [9.17, 15) is 5.26 Å². The Bertz CT molecular complexity index is 445. The lowest BCUT2D eigenvalue weighted by molar-refractivity contribution is 0.289. The predicted octanol–water partition coefficient (Wildman–Crippen LogP) is 1.60. The van der Waals surface area contributed by atoms with Crippen LogP contribution in [0.25, 0.3) is 0 Å². The molecule has 6 heteroatoms. The van der Waals surface area contributed by atoms with E-state index in [0.29, 0.717) is 5.75 Å². The van der Waals surface area contributed by atoms with Gasteiger partial charge in [0.25, 0.3) is 0 Å². The zero-order valence-corrected chi connectivity index (χ0v) is 11.0. The molecule has 18 heavy (non-hydrogen) atoms. The summed E-state index contributed by atoms with van der Waals surface area (Å²) in [5, 5.41) is 9.20. The van der Waals surface area contributed by atoms with Crippen LogP contribution in [0.4, 0.5) is 0 Å². The molecule has 0 aromatic heterocycles. The first-order valence-corrected chi connectivity index (χ1v) is 5.04. The minimum atomic E-state index is 0.189. The summed E-state index contributed by atoms with van der Waals surface area (Å²) < 4.78 is 26.0. The second-order valence-corrected chi connectivity index (χ2v) is 3.15. The van der Waals surface area contributed by atoms with Gasteiger partial charge in [0, 0.05) is 0 Å². The van der Waals surface area contributed by atoms with Gasteiger partial charge in [0.15, 0.2) is 11.5 Å². The number of nitrogens with zero attached hydrogens (tertiary/aromatic N) is 1. The number of benzene rings is 1. The minimum absolute atomic E-state index is 0.189. The molecule has 98 valence electrons. The summed E-state index contributed by atoms with van der Waals surface area (Å²) in [6.45, 7) is 0. The van der Waals surface area contributed by atoms with E-state index in [2.05, 4.69) is 0 Å². The Morgan fingerprint density at radius 1 is 0.611 bits per heavy atom. The second kappa shape index (κ2) is 5.87. The molecule has 0 aliphatic carbocycles. The van der Waals surface area contributed by atoms with Crippen LogP contribution in [0.15, 0.2) is 0 Å². The van der Waals surface area contributed by atoms with Crippen molar-refractivity contribution >= 4 is 0 Å². The number of ether oxygens (including phenoxy) is 5. The van der Waals surface area contributed by atoms with Crippen LogP contribution < -0.4 is 23.7 Å². The van der Waals surface area contributed by atoms with E-state index >= 15 is 0 Å². The molecule has 1 aromatic carbocycles. The lowest BCUT2D eigenvalue weighted by Crippen LogP contribution is -2.03. The van der Waals surface area contributed by atoms with Gasteiger partial charge in [0.2, 0.25) is 17.2 Å². The monoisotopic (exact) mass is 253 g/mol. The molecule has 0 bridgehead atoms. The third-order valence-corrected chi connectivity index (χ3v) is 2.41. The van der Waals surface area contributed by atoms with E-state index < -0.39 is 0 Å². The van der Waals surface area contributed by atoms with Gasteiger partial charge in [-0.3, -0.25) is 0 Å². The van der Waals surface area contributed by atoms with Crippen molar-refractivity contribution in [3.63, 3.8) is 0 Å². The van der Waals surface area contributed by atoms with Gasteiger partial charge in [0.05, 0.1) is 35.5 Å². The van der Waals surface area contributed by atoms with Crippen LogP contribution in [-0.2, 0) is 0 Å². The van der Waals surface area contributed by atoms with Crippen LogP contribution in [0, 0.1) is 11.3 Å². The molecular weight excluding hydrogens is 238 g/mol. The van der Waals surface area contributed by atoms with Crippen molar-refractivity contribution in [3.05, 3.63) is 5.56 Å². The summed E-state index contributed by atoms with van der Waals surface area (Å²) in [7, 11) is 7.24. The molecule has 0 saturated carbocycles. The van der Waals surface area contributed by atoms with Crippen LogP contribution in [-0.4, -0.2) is 35.5 Å². The summed E-state index contributed by atoms with van der Waals surface area (Å²) >= 11 is 0. The quantitative estimate of drug-likeness (QED) is 0.793. The van der Waals surface area contributed by atoms with Gasteiger partial charge < -0.3 is 23.7 Å². The first kappa shape index (κ1) is 13.8. The molecule has 1 aromatic rings. The van der Waals surface area contributed by atoms with Crippen molar-refractivity contribution in [2.24, 2.45) is 0 Å². The predicted molar refractivity (Wildman–Crippen MR) is 63.9 cm³/mol. The fourth-order valence-corrected chi connectivity index (χ4v) is 1.69. The number of hydrogen-bond donors (Lipinski definition) is 0. The third-order valence-electron chi connectivity index (χ3n) is 2.41. The van der Waals surface area contributed by atoms with Crippen molar-refractivity contribution in [1.29, 1.82) is 5.26 Å². The number of methoxy groups -OCH3 is 5. The van der Waals surface area contributed by atoms with Crippen molar-refractivity contribution in [2.45, 2.75) is 0 Å². The van der Waals surface area contributed by atoms with Crippen LogP contribution in [0.2, 0.25) is 0 Å². The maximum Gasteiger partial charge on any atom is 0.211 e. The van der Waals surface area contributed by atoms with Crippen molar-refractivity contribution in [1.82, 2.24) is 0 Å². The van der Waals surface area contributed by atoms with Gasteiger partial charge in [-0.15, -0.1) is 0 Å². The first-order chi connectivity index (χ1) is 8.69. The molecule has 0 aliphatic rings. The van der Waals surface area contributed by atoms with Crippen LogP contribution in [0.5, 0.6) is 28.7 Å². The van der Waals surface area contributed by atoms with Crippen LogP contribution >= 0.6 is 0 Å². The van der Waals surface area contributed by atoms with E-state index in [1.54, 1.807) is 0 Å². The van der Waals surface area contributed by atoms with Crippen molar-refractivity contribution < 1.29 is 23.7 Å². The van der Waals surface area contributed by atoms with E-state index in [0.717, 1.165) is 0 Å². The molecular formula is C12H15NO5. The Morgan fingerprint density at radius 3 is 1.11 bits per heavy atom. The fourth-order valence-electron chi connectivity index (χ4n) is 1.69. The third kappa shape index (κ3) is 1.95. The molecule has 0 aliphatic heterocycles. The highest BCUT2D eigenvalue weighted by atomic mass is 16.6. The zero-order valence-electron chi connectivity index (χ0n) is 11.0. The Hall–Kier alpha value is -2.29. The lowest BCUT2D eigenvalue weighted by atomic mass is 10.1. The average molecular weight is 253 g/mol. The maximum atomic E-state index is 9.20. The smallest absolute Gasteiger partial charge is 0.211 e. The molecule has 0 atom stereocenters. The van der Waals surface area contributed by atoms with Gasteiger partial charge in [-0.05, 0) is 0 Å². The van der Waals surface area contributed by atoms with Gasteiger partial charge in [-0.2, -0.15) is 5.26 Å². The highest BCUT2D eigenvalue weighted by Gasteiger charge is 2.28. The molecule has 0 spiro atoms. The first-order valence-electron chi connectivity index (χ1n) is 5.04. The maximum absolute atomic E-state index is 9.20. The van der Waals surface area contributed by atoms with Crippen molar-refractivity contribution in [3.8, 4) is 34.8 Å². The molecule has 0 radical (unpaired) electrons. The molecule has 1 rings (SSSR count). The van der Waals surface area contributed by atoms with E-state index in [-0.39, 0.29) is 28.6 Å². The SMILES string of the molecule is COc1c(C#N)c(OC)c(OC)c(OC)c1OC. The van der Waals surface area contributed by atoms with E-state index in [4.69, 9.17) is 23.7 Å². The van der Waals surface area contributed by atoms with Gasteiger partial charge >= 0.3 is 0 Å². The molecule has 0 unspecified atom stereocenters. The fraction of sp³-hybridized carbons (Fsp3) is 0.417. The Morgan fingerprint density at radius 2 is 0.889 bits per heavy atom. The second-order valence-electron chi connectivity index (χ2n) is 3.15. The highest BCUT2D eigenvalue weighted by Crippen LogP contribution is 2.52. The number of nitriles is 1. The largest absolute Gasteiger partial charge is 0.491 e. The molecule has 6 nitrogen and oxygen atoms in total. The lowest BCUT2D eigenvalue weighted by Gasteiger charge is -2.19. The van der Waals surface area contributed by atoms with Crippen LogP contribution in [0.3, 0.4) is 0 Å². The summed E-state index contributed by atoms with van der Waals surface area (Å²) in [5.41, 5.74) is 0.189. The van der Waals surface area contributed by atoms with Crippen molar-refractivity contribution in [2.75, 3.05) is 35.5 Å². The Kier molecular flexibility index (Phi) is 4.49. The molecule has 0 heterocycles. The normalized spacial score (nSPS) is 9.33. The molecule has 0 amide bonds. The summed E-state index contributed by atoms with van der Waals surface area (Å²) in [4.78, 5) is 0. The zero-order chi connectivity index (χ0) is 13.7. The topological polar surface area (TPSA) is 69.9 Å². The standard InChI is InChI=1S/C12H15NO5/c1-14-8-7(6-13)9(15-2)11(17-4)12(18-5)10(8)16-3/h1-5H3. The summed E-state index contributed by atoms with van der Waals surface area (Å²) in [6.07, 6.45) is 0. The van der Waals surface area contributed by atoms with Gasteiger partial charge in [0.1, 0.15) is 11.6 Å². The van der Waals surface area contributed by atoms with Gasteiger partial charge in [-0.25, -0.2) is 0 Å².